The summed E-state index contributed by atoms with van der Waals surface area (Å²) >= 11 is 0. The van der Waals surface area contributed by atoms with E-state index in [1.54, 1.807) is 11.1 Å². The van der Waals surface area contributed by atoms with Crippen molar-refractivity contribution in [1.29, 1.82) is 0 Å². The Morgan fingerprint density at radius 2 is 1.71 bits per heavy atom. The van der Waals surface area contributed by atoms with Gasteiger partial charge in [0.25, 0.3) is 0 Å². The van der Waals surface area contributed by atoms with Crippen molar-refractivity contribution in [3.63, 3.8) is 0 Å². The fraction of sp³-hybridized carbons (Fsp3) is 0.273. The zero-order valence-electron chi connectivity index (χ0n) is 16.7. The molecule has 146 valence electrons. The molecular weight excluding hydrogens is 350 g/mol. The van der Waals surface area contributed by atoms with Crippen LogP contribution in [0.4, 0.5) is 10.5 Å². The predicted octanol–water partition coefficient (Wildman–Crippen LogP) is 3.34. The van der Waals surface area contributed by atoms with Gasteiger partial charge in [0.2, 0.25) is 0 Å². The second-order valence-corrected chi connectivity index (χ2v) is 7.05. The van der Waals surface area contributed by atoms with Crippen molar-refractivity contribution in [3.8, 4) is 0 Å². The number of amides is 2. The lowest BCUT2D eigenvalue weighted by Gasteiger charge is -2.19. The Morgan fingerprint density at radius 3 is 2.36 bits per heavy atom. The van der Waals surface area contributed by atoms with Crippen molar-refractivity contribution < 1.29 is 4.79 Å². The fourth-order valence-corrected chi connectivity index (χ4v) is 3.00. The first-order chi connectivity index (χ1) is 13.5. The molecule has 0 unspecified atom stereocenters. The third kappa shape index (κ3) is 5.13. The largest absolute Gasteiger partial charge is 0.378 e. The number of anilines is 1. The lowest BCUT2D eigenvalue weighted by molar-refractivity contribution is 0.206. The van der Waals surface area contributed by atoms with Gasteiger partial charge in [0.15, 0.2) is 0 Å². The van der Waals surface area contributed by atoms with Gasteiger partial charge >= 0.3 is 6.03 Å². The third-order valence-corrected chi connectivity index (χ3v) is 4.66. The van der Waals surface area contributed by atoms with Crippen molar-refractivity contribution in [2.45, 2.75) is 19.6 Å². The molecule has 3 aromatic rings. The van der Waals surface area contributed by atoms with E-state index in [1.165, 1.54) is 0 Å². The zero-order valence-corrected chi connectivity index (χ0v) is 16.7. The van der Waals surface area contributed by atoms with Crippen LogP contribution in [0.5, 0.6) is 0 Å². The number of urea groups is 1. The van der Waals surface area contributed by atoms with Gasteiger partial charge in [-0.25, -0.2) is 4.79 Å². The van der Waals surface area contributed by atoms with E-state index in [-0.39, 0.29) is 6.03 Å². The molecule has 0 fully saturated rings. The number of hydrogen-bond donors (Lipinski definition) is 1. The maximum Gasteiger partial charge on any atom is 0.317 e. The smallest absolute Gasteiger partial charge is 0.317 e. The lowest BCUT2D eigenvalue weighted by atomic mass is 10.1. The monoisotopic (exact) mass is 377 g/mol. The molecule has 6 nitrogen and oxygen atoms in total. The minimum atomic E-state index is -0.0921. The highest BCUT2D eigenvalue weighted by Gasteiger charge is 2.10. The van der Waals surface area contributed by atoms with Crippen LogP contribution in [-0.4, -0.2) is 41.9 Å². The second-order valence-electron chi connectivity index (χ2n) is 7.05. The van der Waals surface area contributed by atoms with Crippen LogP contribution in [0.1, 0.15) is 16.7 Å². The van der Waals surface area contributed by atoms with Crippen LogP contribution >= 0.6 is 0 Å². The minimum Gasteiger partial charge on any atom is -0.378 e. The maximum absolute atomic E-state index is 12.5. The molecule has 6 heteroatoms. The Balaban J connectivity index is 1.56. The number of nitrogens with zero attached hydrogens (tertiary/aromatic N) is 4. The quantitative estimate of drug-likeness (QED) is 0.687. The van der Waals surface area contributed by atoms with Gasteiger partial charge in [-0.1, -0.05) is 36.4 Å². The zero-order chi connectivity index (χ0) is 19.9. The van der Waals surface area contributed by atoms with E-state index >= 15 is 0 Å². The van der Waals surface area contributed by atoms with E-state index in [0.717, 1.165) is 22.4 Å². The van der Waals surface area contributed by atoms with Gasteiger partial charge in [-0.3, -0.25) is 4.68 Å². The molecule has 1 N–H and O–H groups in total. The van der Waals surface area contributed by atoms with E-state index in [4.69, 9.17) is 0 Å². The summed E-state index contributed by atoms with van der Waals surface area (Å²) < 4.78 is 1.88. The van der Waals surface area contributed by atoms with Crippen LogP contribution in [0, 0.1) is 0 Å². The molecule has 0 aliphatic rings. The van der Waals surface area contributed by atoms with Gasteiger partial charge in [-0.15, -0.1) is 0 Å². The average Bonchev–Trinajstić information content (AvgIpc) is 3.20. The highest BCUT2D eigenvalue weighted by Crippen LogP contribution is 2.14. The normalized spacial score (nSPS) is 10.5. The number of benzene rings is 2. The van der Waals surface area contributed by atoms with Gasteiger partial charge < -0.3 is 15.1 Å². The Hall–Kier alpha value is -3.28. The molecule has 2 aromatic carbocycles. The number of carbonyl (C=O) groups is 1. The molecule has 1 aromatic heterocycles. The van der Waals surface area contributed by atoms with Crippen LogP contribution in [-0.2, 0) is 19.6 Å². The maximum atomic E-state index is 12.5. The number of carbonyl (C=O) groups excluding carboxylic acids is 1. The first-order valence-electron chi connectivity index (χ1n) is 9.32. The fourth-order valence-electron chi connectivity index (χ4n) is 3.00. The van der Waals surface area contributed by atoms with Gasteiger partial charge in [0, 0.05) is 52.3 Å². The summed E-state index contributed by atoms with van der Waals surface area (Å²) in [5.74, 6) is 0. The Morgan fingerprint density at radius 1 is 1.00 bits per heavy atom. The number of nitrogens with one attached hydrogen (secondary N) is 1. The molecule has 0 aliphatic carbocycles. The molecule has 0 saturated carbocycles. The van der Waals surface area contributed by atoms with E-state index in [9.17, 15) is 4.79 Å². The summed E-state index contributed by atoms with van der Waals surface area (Å²) in [6.45, 7) is 1.74. The molecule has 0 saturated heterocycles. The van der Waals surface area contributed by atoms with Gasteiger partial charge in [0.05, 0.1) is 6.54 Å². The highest BCUT2D eigenvalue weighted by atomic mass is 16.2. The summed E-state index contributed by atoms with van der Waals surface area (Å²) in [4.78, 5) is 16.3. The number of hydrogen-bond acceptors (Lipinski definition) is 3. The molecule has 0 bridgehead atoms. The van der Waals surface area contributed by atoms with E-state index in [1.807, 2.05) is 56.3 Å². The molecule has 28 heavy (non-hydrogen) atoms. The summed E-state index contributed by atoms with van der Waals surface area (Å²) in [5.41, 5.74) is 4.48. The molecule has 0 atom stereocenters. The van der Waals surface area contributed by atoms with Crippen molar-refractivity contribution in [3.05, 3.63) is 83.7 Å². The van der Waals surface area contributed by atoms with Gasteiger partial charge in [-0.05, 0) is 34.9 Å². The summed E-state index contributed by atoms with van der Waals surface area (Å²) in [5, 5.41) is 7.28. The van der Waals surface area contributed by atoms with Crippen molar-refractivity contribution >= 4 is 11.7 Å². The van der Waals surface area contributed by atoms with Crippen LogP contribution in [0.15, 0.2) is 67.0 Å². The molecular formula is C22H27N5O. The van der Waals surface area contributed by atoms with Gasteiger partial charge in [0.1, 0.15) is 0 Å². The standard InChI is InChI=1S/C22H27N5O/c1-25(2)21-11-9-18(10-12-21)16-26(3)22(28)23-15-19-7-4-5-8-20(19)17-27-14-6-13-24-27/h4-14H,15-17H2,1-3H3,(H,23,28). The lowest BCUT2D eigenvalue weighted by Crippen LogP contribution is -2.36. The van der Waals surface area contributed by atoms with Crippen molar-refractivity contribution in [2.24, 2.45) is 0 Å². The van der Waals surface area contributed by atoms with Crippen molar-refractivity contribution in [2.75, 3.05) is 26.0 Å². The van der Waals surface area contributed by atoms with E-state index in [0.29, 0.717) is 19.6 Å². The molecule has 1 heterocycles. The van der Waals surface area contributed by atoms with Crippen LogP contribution in [0.25, 0.3) is 0 Å². The average molecular weight is 377 g/mol. The SMILES string of the molecule is CN(Cc1ccc(N(C)C)cc1)C(=O)NCc1ccccc1Cn1cccn1. The highest BCUT2D eigenvalue weighted by molar-refractivity contribution is 5.73. The first-order valence-corrected chi connectivity index (χ1v) is 9.32. The molecule has 0 radical (unpaired) electrons. The topological polar surface area (TPSA) is 53.4 Å². The van der Waals surface area contributed by atoms with E-state index < -0.39 is 0 Å². The Kier molecular flexibility index (Phi) is 6.32. The predicted molar refractivity (Wildman–Crippen MR) is 112 cm³/mol. The molecule has 2 amide bonds. The van der Waals surface area contributed by atoms with Crippen LogP contribution < -0.4 is 10.2 Å². The first kappa shape index (κ1) is 19.5. The number of rotatable bonds is 7. The Bertz CT molecular complexity index is 888. The van der Waals surface area contributed by atoms with E-state index in [2.05, 4.69) is 45.6 Å². The number of aromatic nitrogens is 2. The summed E-state index contributed by atoms with van der Waals surface area (Å²) in [7, 11) is 5.84. The second kappa shape index (κ2) is 9.08. The van der Waals surface area contributed by atoms with Gasteiger partial charge in [-0.2, -0.15) is 5.10 Å². The Labute approximate surface area is 166 Å². The third-order valence-electron chi connectivity index (χ3n) is 4.66. The van der Waals surface area contributed by atoms with Crippen molar-refractivity contribution in [1.82, 2.24) is 20.0 Å². The summed E-state index contributed by atoms with van der Waals surface area (Å²) in [6.07, 6.45) is 3.70. The van der Waals surface area contributed by atoms with Crippen LogP contribution in [0.3, 0.4) is 0 Å². The molecule has 0 spiro atoms. The molecule has 0 aliphatic heterocycles. The minimum absolute atomic E-state index is 0.0921. The molecule has 3 rings (SSSR count). The van der Waals surface area contributed by atoms with Crippen LogP contribution in [0.2, 0.25) is 0 Å². The summed E-state index contributed by atoms with van der Waals surface area (Å²) in [6, 6.07) is 18.2.